The van der Waals surface area contributed by atoms with Gasteiger partial charge in [0.15, 0.2) is 6.61 Å². The zero-order valence-electron chi connectivity index (χ0n) is 16.7. The lowest BCUT2D eigenvalue weighted by Crippen LogP contribution is -2.45. The molecule has 29 heavy (non-hydrogen) atoms. The van der Waals surface area contributed by atoms with Crippen molar-refractivity contribution < 1.29 is 27.5 Å². The average Bonchev–Trinajstić information content (AvgIpc) is 3.42. The predicted octanol–water partition coefficient (Wildman–Crippen LogP) is 1.22. The summed E-state index contributed by atoms with van der Waals surface area (Å²) in [5, 5.41) is 4.63. The lowest BCUT2D eigenvalue weighted by Gasteiger charge is -2.19. The Morgan fingerprint density at radius 1 is 1.14 bits per heavy atom. The van der Waals surface area contributed by atoms with E-state index in [1.165, 1.54) is 12.1 Å². The summed E-state index contributed by atoms with van der Waals surface area (Å²) in [6, 6.07) is 4.48. The number of carbonyl (C=O) groups excluding carboxylic acids is 3. The van der Waals surface area contributed by atoms with Gasteiger partial charge < -0.3 is 10.1 Å². The van der Waals surface area contributed by atoms with Crippen LogP contribution in [-0.2, 0) is 24.3 Å². The Bertz CT molecular complexity index is 847. The molecule has 160 valence electrons. The van der Waals surface area contributed by atoms with Gasteiger partial charge in [-0.2, -0.15) is 4.72 Å². The molecule has 0 saturated heterocycles. The molecule has 0 bridgehead atoms. The number of ether oxygens (including phenoxy) is 1. The number of carbonyl (C=O) groups is 3. The summed E-state index contributed by atoms with van der Waals surface area (Å²) in [5.41, 5.74) is 0.902. The number of nitrogens with one attached hydrogen (secondary N) is 3. The van der Waals surface area contributed by atoms with Crippen molar-refractivity contribution in [2.45, 2.75) is 57.0 Å². The van der Waals surface area contributed by atoms with Crippen LogP contribution in [0.2, 0.25) is 0 Å². The number of hydrogen-bond acceptors (Lipinski definition) is 6. The predicted molar refractivity (Wildman–Crippen MR) is 105 cm³/mol. The minimum Gasteiger partial charge on any atom is -0.454 e. The SMILES string of the molecule is Cc1ccc(S(=O)(=O)NC(CC(C)C)C(=O)OCC(=O)NC(=O)NC2CC2)cc1. The van der Waals surface area contributed by atoms with E-state index in [1.807, 2.05) is 20.8 Å². The molecule has 1 aliphatic carbocycles. The standard InChI is InChI=1S/C19H27N3O6S/c1-12(2)10-16(22-29(26,27)15-8-4-13(3)5-9-15)18(24)28-11-17(23)21-19(25)20-14-6-7-14/h4-5,8-9,12,14,16,22H,6-7,10-11H2,1-3H3,(H2,20,21,23,25). The molecule has 1 atom stereocenters. The highest BCUT2D eigenvalue weighted by Crippen LogP contribution is 2.18. The molecular weight excluding hydrogens is 398 g/mol. The fraction of sp³-hybridized carbons (Fsp3) is 0.526. The second-order valence-corrected chi connectivity index (χ2v) is 9.23. The number of imide groups is 1. The molecule has 1 aliphatic rings. The van der Waals surface area contributed by atoms with Crippen LogP contribution in [0.15, 0.2) is 29.2 Å². The molecule has 3 amide bonds. The first-order valence-electron chi connectivity index (χ1n) is 9.43. The molecular formula is C19H27N3O6S. The molecule has 0 heterocycles. The fourth-order valence-electron chi connectivity index (χ4n) is 2.49. The Balaban J connectivity index is 1.95. The van der Waals surface area contributed by atoms with E-state index in [1.54, 1.807) is 12.1 Å². The summed E-state index contributed by atoms with van der Waals surface area (Å²) in [4.78, 5) is 35.7. The quantitative estimate of drug-likeness (QED) is 0.510. The van der Waals surface area contributed by atoms with Gasteiger partial charge in [-0.05, 0) is 44.2 Å². The molecule has 1 aromatic rings. The van der Waals surface area contributed by atoms with E-state index >= 15 is 0 Å². The Kier molecular flexibility index (Phi) is 7.74. The van der Waals surface area contributed by atoms with Crippen LogP contribution in [0.3, 0.4) is 0 Å². The highest BCUT2D eigenvalue weighted by atomic mass is 32.2. The van der Waals surface area contributed by atoms with Crippen LogP contribution < -0.4 is 15.4 Å². The number of amides is 3. The number of rotatable bonds is 9. The van der Waals surface area contributed by atoms with Gasteiger partial charge in [0.1, 0.15) is 6.04 Å². The molecule has 0 aliphatic heterocycles. The van der Waals surface area contributed by atoms with Crippen molar-refractivity contribution in [3.8, 4) is 0 Å². The summed E-state index contributed by atoms with van der Waals surface area (Å²) in [6.07, 6.45) is 1.93. The van der Waals surface area contributed by atoms with E-state index in [0.29, 0.717) is 0 Å². The molecule has 0 spiro atoms. The summed E-state index contributed by atoms with van der Waals surface area (Å²) in [7, 11) is -3.95. The monoisotopic (exact) mass is 425 g/mol. The van der Waals surface area contributed by atoms with E-state index in [4.69, 9.17) is 4.74 Å². The maximum absolute atomic E-state index is 12.6. The Labute approximate surface area is 170 Å². The third-order valence-corrected chi connectivity index (χ3v) is 5.62. The highest BCUT2D eigenvalue weighted by Gasteiger charge is 2.29. The van der Waals surface area contributed by atoms with Gasteiger partial charge >= 0.3 is 12.0 Å². The number of urea groups is 1. The van der Waals surface area contributed by atoms with Crippen LogP contribution in [0, 0.1) is 12.8 Å². The second-order valence-electron chi connectivity index (χ2n) is 7.52. The van der Waals surface area contributed by atoms with Crippen LogP contribution in [0.5, 0.6) is 0 Å². The van der Waals surface area contributed by atoms with Crippen molar-refractivity contribution in [3.63, 3.8) is 0 Å². The number of esters is 1. The van der Waals surface area contributed by atoms with Gasteiger partial charge in [-0.15, -0.1) is 0 Å². The van der Waals surface area contributed by atoms with Gasteiger partial charge in [0, 0.05) is 6.04 Å². The van der Waals surface area contributed by atoms with Gasteiger partial charge in [0.2, 0.25) is 10.0 Å². The van der Waals surface area contributed by atoms with Gasteiger partial charge in [0.05, 0.1) is 4.90 Å². The van der Waals surface area contributed by atoms with Crippen molar-refractivity contribution in [2.24, 2.45) is 5.92 Å². The van der Waals surface area contributed by atoms with Crippen molar-refractivity contribution in [1.82, 2.24) is 15.4 Å². The molecule has 3 N–H and O–H groups in total. The topological polar surface area (TPSA) is 131 Å². The maximum Gasteiger partial charge on any atom is 0.324 e. The number of aryl methyl sites for hydroxylation is 1. The third kappa shape index (κ3) is 7.82. The average molecular weight is 426 g/mol. The lowest BCUT2D eigenvalue weighted by molar-refractivity contribution is -0.150. The first kappa shape index (κ1) is 22.8. The molecule has 1 fully saturated rings. The van der Waals surface area contributed by atoms with Gasteiger partial charge in [-0.3, -0.25) is 14.9 Å². The molecule has 1 saturated carbocycles. The van der Waals surface area contributed by atoms with Crippen molar-refractivity contribution in [3.05, 3.63) is 29.8 Å². The molecule has 1 unspecified atom stereocenters. The fourth-order valence-corrected chi connectivity index (χ4v) is 3.68. The van der Waals surface area contributed by atoms with Crippen LogP contribution >= 0.6 is 0 Å². The van der Waals surface area contributed by atoms with Crippen LogP contribution in [-0.4, -0.2) is 45.0 Å². The largest absolute Gasteiger partial charge is 0.454 e. The lowest BCUT2D eigenvalue weighted by atomic mass is 10.1. The van der Waals surface area contributed by atoms with Gasteiger partial charge in [-0.25, -0.2) is 13.2 Å². The van der Waals surface area contributed by atoms with E-state index in [2.05, 4.69) is 15.4 Å². The van der Waals surface area contributed by atoms with Crippen molar-refractivity contribution >= 4 is 27.9 Å². The summed E-state index contributed by atoms with van der Waals surface area (Å²) in [5.74, 6) is -1.68. The molecule has 1 aromatic carbocycles. The normalized spacial score (nSPS) is 14.9. The molecule has 10 heteroatoms. The first-order chi connectivity index (χ1) is 13.6. The zero-order chi connectivity index (χ0) is 21.6. The summed E-state index contributed by atoms with van der Waals surface area (Å²) < 4.78 is 32.4. The molecule has 0 aromatic heterocycles. The van der Waals surface area contributed by atoms with E-state index in [-0.39, 0.29) is 23.3 Å². The number of hydrogen-bond donors (Lipinski definition) is 3. The van der Waals surface area contributed by atoms with Crippen LogP contribution in [0.1, 0.15) is 38.7 Å². The highest BCUT2D eigenvalue weighted by molar-refractivity contribution is 7.89. The molecule has 2 rings (SSSR count). The van der Waals surface area contributed by atoms with E-state index in [9.17, 15) is 22.8 Å². The smallest absolute Gasteiger partial charge is 0.324 e. The van der Waals surface area contributed by atoms with Gasteiger partial charge in [0.25, 0.3) is 5.91 Å². The van der Waals surface area contributed by atoms with Crippen LogP contribution in [0.4, 0.5) is 4.79 Å². The summed E-state index contributed by atoms with van der Waals surface area (Å²) >= 11 is 0. The Morgan fingerprint density at radius 3 is 2.31 bits per heavy atom. The zero-order valence-corrected chi connectivity index (χ0v) is 17.5. The number of sulfonamides is 1. The Hall–Kier alpha value is -2.46. The van der Waals surface area contributed by atoms with Crippen molar-refractivity contribution in [1.29, 1.82) is 0 Å². The minimum atomic E-state index is -3.95. The summed E-state index contributed by atoms with van der Waals surface area (Å²) in [6.45, 7) is 4.81. The molecule has 0 radical (unpaired) electrons. The van der Waals surface area contributed by atoms with E-state index in [0.717, 1.165) is 18.4 Å². The van der Waals surface area contributed by atoms with Crippen LogP contribution in [0.25, 0.3) is 0 Å². The Morgan fingerprint density at radius 2 is 1.76 bits per heavy atom. The second kappa shape index (κ2) is 9.84. The minimum absolute atomic E-state index is 0.00795. The maximum atomic E-state index is 12.6. The van der Waals surface area contributed by atoms with Crippen molar-refractivity contribution in [2.75, 3.05) is 6.61 Å². The van der Waals surface area contributed by atoms with E-state index < -0.39 is 40.6 Å². The third-order valence-electron chi connectivity index (χ3n) is 4.13. The first-order valence-corrected chi connectivity index (χ1v) is 10.9. The molecule has 9 nitrogen and oxygen atoms in total. The number of benzene rings is 1. The van der Waals surface area contributed by atoms with Gasteiger partial charge in [-0.1, -0.05) is 31.5 Å².